The van der Waals surface area contributed by atoms with E-state index in [1.807, 2.05) is 24.0 Å². The van der Waals surface area contributed by atoms with Crippen LogP contribution in [0.2, 0.25) is 0 Å². The van der Waals surface area contributed by atoms with Gasteiger partial charge in [0.1, 0.15) is 0 Å². The lowest BCUT2D eigenvalue weighted by Crippen LogP contribution is -2.39. The van der Waals surface area contributed by atoms with Crippen molar-refractivity contribution in [2.45, 2.75) is 64.9 Å². The van der Waals surface area contributed by atoms with Gasteiger partial charge in [-0.15, -0.1) is 0 Å². The summed E-state index contributed by atoms with van der Waals surface area (Å²) in [4.78, 5) is 31.8. The number of carbonyl (C=O) groups is 2. The van der Waals surface area contributed by atoms with E-state index in [1.165, 1.54) is 0 Å². The predicted molar refractivity (Wildman–Crippen MR) is 108 cm³/mol. The van der Waals surface area contributed by atoms with E-state index in [2.05, 4.69) is 19.2 Å². The van der Waals surface area contributed by atoms with E-state index in [0.717, 1.165) is 56.8 Å². The van der Waals surface area contributed by atoms with Crippen LogP contribution in [0.15, 0.2) is 12.1 Å². The highest BCUT2D eigenvalue weighted by Gasteiger charge is 2.28. The molecule has 0 aliphatic carbocycles. The number of hydrogen-bond donors (Lipinski definition) is 1. The van der Waals surface area contributed by atoms with Gasteiger partial charge < -0.3 is 15.0 Å². The summed E-state index contributed by atoms with van der Waals surface area (Å²) in [5.41, 5.74) is 2.46. The van der Waals surface area contributed by atoms with Gasteiger partial charge in [0, 0.05) is 44.3 Å². The molecule has 3 heterocycles. The maximum absolute atomic E-state index is 12.8. The van der Waals surface area contributed by atoms with Crippen LogP contribution >= 0.6 is 0 Å². The summed E-state index contributed by atoms with van der Waals surface area (Å²) < 4.78 is 5.60. The Morgan fingerprint density at radius 1 is 1.25 bits per heavy atom. The van der Waals surface area contributed by atoms with Crippen LogP contribution < -0.4 is 5.32 Å². The molecule has 1 atom stereocenters. The molecule has 0 spiro atoms. The molecule has 1 aromatic rings. The Bertz CT molecular complexity index is 690. The van der Waals surface area contributed by atoms with Gasteiger partial charge in [-0.3, -0.25) is 14.6 Å². The molecule has 2 aliphatic rings. The third-order valence-corrected chi connectivity index (χ3v) is 5.64. The number of amides is 2. The smallest absolute Gasteiger partial charge is 0.253 e. The molecule has 0 saturated carbocycles. The zero-order chi connectivity index (χ0) is 20.1. The van der Waals surface area contributed by atoms with Gasteiger partial charge in [-0.25, -0.2) is 0 Å². The van der Waals surface area contributed by atoms with E-state index in [1.54, 1.807) is 0 Å². The van der Waals surface area contributed by atoms with Crippen LogP contribution in [0.4, 0.5) is 0 Å². The molecule has 6 heteroatoms. The average Bonchev–Trinajstić information content (AvgIpc) is 3.19. The molecule has 3 rings (SSSR count). The van der Waals surface area contributed by atoms with Crippen molar-refractivity contribution in [2.24, 2.45) is 5.92 Å². The van der Waals surface area contributed by atoms with Crippen LogP contribution in [0.5, 0.6) is 0 Å². The van der Waals surface area contributed by atoms with E-state index in [9.17, 15) is 9.59 Å². The topological polar surface area (TPSA) is 71.5 Å². The fourth-order valence-corrected chi connectivity index (χ4v) is 4.07. The van der Waals surface area contributed by atoms with E-state index in [0.29, 0.717) is 24.4 Å². The van der Waals surface area contributed by atoms with Gasteiger partial charge in [0.2, 0.25) is 5.91 Å². The maximum Gasteiger partial charge on any atom is 0.253 e. The molecule has 0 bridgehead atoms. The van der Waals surface area contributed by atoms with Crippen LogP contribution in [0.1, 0.15) is 73.6 Å². The fraction of sp³-hybridized carbons (Fsp3) is 0.682. The Morgan fingerprint density at radius 2 is 2.00 bits per heavy atom. The van der Waals surface area contributed by atoms with Crippen molar-refractivity contribution in [1.82, 2.24) is 15.2 Å². The minimum atomic E-state index is -0.0729. The zero-order valence-corrected chi connectivity index (χ0v) is 17.4. The molecule has 0 radical (unpaired) electrons. The predicted octanol–water partition coefficient (Wildman–Crippen LogP) is 3.05. The van der Waals surface area contributed by atoms with Crippen molar-refractivity contribution < 1.29 is 14.3 Å². The molecule has 2 aliphatic heterocycles. The number of pyridine rings is 1. The highest BCUT2D eigenvalue weighted by molar-refractivity contribution is 5.95. The molecule has 154 valence electrons. The summed E-state index contributed by atoms with van der Waals surface area (Å²) in [6.07, 6.45) is 4.50. The molecule has 2 saturated heterocycles. The Labute approximate surface area is 168 Å². The summed E-state index contributed by atoms with van der Waals surface area (Å²) in [5.74, 6) is 0.755. The molecule has 0 unspecified atom stereocenters. The Kier molecular flexibility index (Phi) is 7.05. The third kappa shape index (κ3) is 5.31. The number of piperidine rings is 1. The first kappa shape index (κ1) is 20.8. The van der Waals surface area contributed by atoms with Crippen molar-refractivity contribution in [3.05, 3.63) is 29.1 Å². The van der Waals surface area contributed by atoms with Crippen molar-refractivity contribution in [1.29, 1.82) is 0 Å². The largest absolute Gasteiger partial charge is 0.376 e. The number of hydrogen-bond acceptors (Lipinski definition) is 4. The second-order valence-electron chi connectivity index (χ2n) is 8.48. The van der Waals surface area contributed by atoms with Crippen molar-refractivity contribution in [3.8, 4) is 0 Å². The van der Waals surface area contributed by atoms with E-state index < -0.39 is 0 Å². The molecular weight excluding hydrogens is 354 g/mol. The van der Waals surface area contributed by atoms with Crippen molar-refractivity contribution in [2.75, 3.05) is 26.2 Å². The molecule has 28 heavy (non-hydrogen) atoms. The van der Waals surface area contributed by atoms with Gasteiger partial charge in [0.05, 0.1) is 17.4 Å². The highest BCUT2D eigenvalue weighted by Crippen LogP contribution is 2.30. The van der Waals surface area contributed by atoms with Crippen molar-refractivity contribution in [3.63, 3.8) is 0 Å². The minimum Gasteiger partial charge on any atom is -0.376 e. The summed E-state index contributed by atoms with van der Waals surface area (Å²) >= 11 is 0. The Balaban J connectivity index is 1.64. The normalized spacial score (nSPS) is 20.6. The molecule has 0 aromatic carbocycles. The first-order valence-electron chi connectivity index (χ1n) is 10.6. The summed E-state index contributed by atoms with van der Waals surface area (Å²) in [6.45, 7) is 8.91. The standard InChI is InChI=1S/C22H33N3O3/c1-15(2)13-20(26)25-10-8-17(9-11-25)21-19(7-6-16(3)24-21)22(27)23-14-18-5-4-12-28-18/h6-7,15,17-18H,4-5,8-14H2,1-3H3,(H,23,27)/t18-/m0/s1. The van der Waals surface area contributed by atoms with Crippen LogP contribution in [0, 0.1) is 12.8 Å². The van der Waals surface area contributed by atoms with E-state index in [4.69, 9.17) is 9.72 Å². The van der Waals surface area contributed by atoms with E-state index >= 15 is 0 Å². The van der Waals surface area contributed by atoms with Crippen LogP contribution in [-0.2, 0) is 9.53 Å². The zero-order valence-electron chi connectivity index (χ0n) is 17.4. The average molecular weight is 388 g/mol. The second kappa shape index (κ2) is 9.50. The van der Waals surface area contributed by atoms with Gasteiger partial charge in [-0.1, -0.05) is 13.8 Å². The number of aryl methyl sites for hydroxylation is 1. The van der Waals surface area contributed by atoms with Gasteiger partial charge in [-0.05, 0) is 50.7 Å². The fourth-order valence-electron chi connectivity index (χ4n) is 4.07. The molecule has 2 fully saturated rings. The van der Waals surface area contributed by atoms with E-state index in [-0.39, 0.29) is 23.8 Å². The summed E-state index contributed by atoms with van der Waals surface area (Å²) in [7, 11) is 0. The van der Waals surface area contributed by atoms with Gasteiger partial charge >= 0.3 is 0 Å². The molecular formula is C22H33N3O3. The maximum atomic E-state index is 12.8. The summed E-state index contributed by atoms with van der Waals surface area (Å²) in [6, 6.07) is 3.78. The number of nitrogens with zero attached hydrogens (tertiary/aromatic N) is 2. The minimum absolute atomic E-state index is 0.0729. The van der Waals surface area contributed by atoms with Gasteiger partial charge in [-0.2, -0.15) is 0 Å². The molecule has 2 amide bonds. The summed E-state index contributed by atoms with van der Waals surface area (Å²) in [5, 5.41) is 3.02. The molecule has 1 N–H and O–H groups in total. The first-order valence-corrected chi connectivity index (χ1v) is 10.6. The molecule has 6 nitrogen and oxygen atoms in total. The number of carbonyl (C=O) groups excluding carboxylic acids is 2. The monoisotopic (exact) mass is 387 g/mol. The molecule has 1 aromatic heterocycles. The van der Waals surface area contributed by atoms with Crippen LogP contribution in [-0.4, -0.2) is 54.0 Å². The lowest BCUT2D eigenvalue weighted by molar-refractivity contribution is -0.133. The number of rotatable bonds is 6. The highest BCUT2D eigenvalue weighted by atomic mass is 16.5. The third-order valence-electron chi connectivity index (χ3n) is 5.64. The number of nitrogens with one attached hydrogen (secondary N) is 1. The Morgan fingerprint density at radius 3 is 2.64 bits per heavy atom. The SMILES string of the molecule is Cc1ccc(C(=O)NC[C@@H]2CCCO2)c(C2CCN(C(=O)CC(C)C)CC2)n1. The van der Waals surface area contributed by atoms with Crippen LogP contribution in [0.3, 0.4) is 0 Å². The quantitative estimate of drug-likeness (QED) is 0.814. The second-order valence-corrected chi connectivity index (χ2v) is 8.48. The first-order chi connectivity index (χ1) is 13.4. The van der Waals surface area contributed by atoms with Crippen molar-refractivity contribution >= 4 is 11.8 Å². The Hall–Kier alpha value is -1.95. The van der Waals surface area contributed by atoms with Crippen LogP contribution in [0.25, 0.3) is 0 Å². The number of aromatic nitrogens is 1. The number of likely N-dealkylation sites (tertiary alicyclic amines) is 1. The lowest BCUT2D eigenvalue weighted by atomic mass is 9.89. The lowest BCUT2D eigenvalue weighted by Gasteiger charge is -2.33. The number of ether oxygens (including phenoxy) is 1. The van der Waals surface area contributed by atoms with Gasteiger partial charge in [0.25, 0.3) is 5.91 Å². The van der Waals surface area contributed by atoms with Gasteiger partial charge in [0.15, 0.2) is 0 Å².